The van der Waals surface area contributed by atoms with E-state index in [-0.39, 0.29) is 0 Å². The first-order valence-corrected chi connectivity index (χ1v) is 5.89. The minimum absolute atomic E-state index is 0.748. The van der Waals surface area contributed by atoms with Crippen molar-refractivity contribution in [3.63, 3.8) is 0 Å². The Morgan fingerprint density at radius 2 is 2.38 bits per heavy atom. The van der Waals surface area contributed by atoms with Crippen LogP contribution >= 0.6 is 11.3 Å². The molecule has 0 unspecified atom stereocenters. The van der Waals surface area contributed by atoms with Crippen molar-refractivity contribution in [3.8, 4) is 10.7 Å². The summed E-state index contributed by atoms with van der Waals surface area (Å²) in [5, 5.41) is 8.52. The second-order valence-corrected chi connectivity index (χ2v) is 4.68. The van der Waals surface area contributed by atoms with Crippen molar-refractivity contribution in [1.29, 1.82) is 0 Å². The minimum atomic E-state index is 0.748. The zero-order valence-electron chi connectivity index (χ0n) is 8.84. The Bertz CT molecular complexity index is 539. The predicted molar refractivity (Wildman–Crippen MR) is 62.7 cm³/mol. The summed E-state index contributed by atoms with van der Waals surface area (Å²) in [6.45, 7) is 1.01. The third-order valence-corrected chi connectivity index (χ3v) is 3.48. The Morgan fingerprint density at radius 3 is 3.06 bits per heavy atom. The van der Waals surface area contributed by atoms with Gasteiger partial charge in [0.05, 0.1) is 4.88 Å². The van der Waals surface area contributed by atoms with Crippen LogP contribution in [0, 0.1) is 0 Å². The molecule has 5 nitrogen and oxygen atoms in total. The van der Waals surface area contributed by atoms with Gasteiger partial charge in [0.2, 0.25) is 0 Å². The minimum Gasteiger partial charge on any atom is -0.390 e. The lowest BCUT2D eigenvalue weighted by molar-refractivity contribution is 0.768. The summed E-state index contributed by atoms with van der Waals surface area (Å²) in [6, 6.07) is 0. The van der Waals surface area contributed by atoms with Crippen LogP contribution in [0.25, 0.3) is 16.3 Å². The highest BCUT2D eigenvalue weighted by Gasteiger charge is 2.13. The van der Waals surface area contributed by atoms with Crippen LogP contribution in [-0.2, 0) is 7.05 Å². The normalized spacial score (nSPS) is 14.9. The molecule has 0 saturated heterocycles. The molecule has 0 amide bonds. The predicted octanol–water partition coefficient (Wildman–Crippen LogP) is 1.27. The second kappa shape index (κ2) is 3.71. The Hall–Kier alpha value is -1.69. The molecule has 0 atom stereocenters. The van der Waals surface area contributed by atoms with E-state index in [9.17, 15) is 0 Å². The van der Waals surface area contributed by atoms with Crippen LogP contribution in [0.3, 0.4) is 0 Å². The van der Waals surface area contributed by atoms with E-state index in [0.29, 0.717) is 0 Å². The highest BCUT2D eigenvalue weighted by molar-refractivity contribution is 7.16. The molecule has 6 heteroatoms. The van der Waals surface area contributed by atoms with Gasteiger partial charge >= 0.3 is 0 Å². The SMILES string of the molecule is Cn1cnc(-c2cnc(C3=CNCC3)s2)n1. The zero-order chi connectivity index (χ0) is 11.0. The van der Waals surface area contributed by atoms with Crippen LogP contribution in [0.1, 0.15) is 11.4 Å². The molecule has 0 bridgehead atoms. The van der Waals surface area contributed by atoms with E-state index in [1.165, 1.54) is 5.57 Å². The molecule has 2 aromatic rings. The van der Waals surface area contributed by atoms with Crippen molar-refractivity contribution in [2.75, 3.05) is 6.54 Å². The van der Waals surface area contributed by atoms with Gasteiger partial charge in [0.1, 0.15) is 11.3 Å². The van der Waals surface area contributed by atoms with Gasteiger partial charge in [0.15, 0.2) is 5.82 Å². The zero-order valence-corrected chi connectivity index (χ0v) is 9.66. The van der Waals surface area contributed by atoms with Crippen molar-refractivity contribution in [2.45, 2.75) is 6.42 Å². The van der Waals surface area contributed by atoms with E-state index in [4.69, 9.17) is 0 Å². The molecule has 2 aromatic heterocycles. The first-order valence-electron chi connectivity index (χ1n) is 5.07. The molecule has 1 aliphatic rings. The molecule has 16 heavy (non-hydrogen) atoms. The lowest BCUT2D eigenvalue weighted by atomic mass is 10.2. The lowest BCUT2D eigenvalue weighted by Gasteiger charge is -1.91. The molecule has 0 aromatic carbocycles. The Morgan fingerprint density at radius 1 is 1.44 bits per heavy atom. The van der Waals surface area contributed by atoms with Gasteiger partial charge in [-0.05, 0) is 6.42 Å². The number of hydrogen-bond donors (Lipinski definition) is 1. The summed E-state index contributed by atoms with van der Waals surface area (Å²) in [5.74, 6) is 0.748. The number of aromatic nitrogens is 4. The maximum atomic E-state index is 4.40. The van der Waals surface area contributed by atoms with Crippen molar-refractivity contribution >= 4 is 16.9 Å². The molecule has 1 aliphatic heterocycles. The maximum absolute atomic E-state index is 4.40. The van der Waals surface area contributed by atoms with Gasteiger partial charge < -0.3 is 5.32 Å². The van der Waals surface area contributed by atoms with Crippen molar-refractivity contribution in [3.05, 3.63) is 23.7 Å². The van der Waals surface area contributed by atoms with Crippen LogP contribution in [-0.4, -0.2) is 26.3 Å². The lowest BCUT2D eigenvalue weighted by Crippen LogP contribution is -1.96. The van der Waals surface area contributed by atoms with Gasteiger partial charge in [-0.3, -0.25) is 4.68 Å². The van der Waals surface area contributed by atoms with Crippen molar-refractivity contribution in [2.24, 2.45) is 7.05 Å². The highest BCUT2D eigenvalue weighted by atomic mass is 32.1. The number of nitrogens with zero attached hydrogens (tertiary/aromatic N) is 4. The Kier molecular flexibility index (Phi) is 2.21. The summed E-state index contributed by atoms with van der Waals surface area (Å²) in [7, 11) is 1.86. The summed E-state index contributed by atoms with van der Waals surface area (Å²) < 4.78 is 1.70. The quantitative estimate of drug-likeness (QED) is 0.848. The molecule has 0 aliphatic carbocycles. The van der Waals surface area contributed by atoms with Gasteiger partial charge in [-0.2, -0.15) is 5.10 Å². The summed E-state index contributed by atoms with van der Waals surface area (Å²) in [4.78, 5) is 9.63. The van der Waals surface area contributed by atoms with E-state index in [2.05, 4.69) is 20.4 Å². The van der Waals surface area contributed by atoms with Crippen LogP contribution in [0.4, 0.5) is 0 Å². The molecule has 1 N–H and O–H groups in total. The maximum Gasteiger partial charge on any atom is 0.192 e. The number of thiazole rings is 1. The summed E-state index contributed by atoms with van der Waals surface area (Å²) in [5.41, 5.74) is 1.27. The molecular formula is C10H11N5S. The van der Waals surface area contributed by atoms with E-state index in [1.807, 2.05) is 19.4 Å². The molecule has 82 valence electrons. The van der Waals surface area contributed by atoms with Gasteiger partial charge in [0.25, 0.3) is 0 Å². The monoisotopic (exact) mass is 233 g/mol. The van der Waals surface area contributed by atoms with Crippen molar-refractivity contribution in [1.82, 2.24) is 25.1 Å². The van der Waals surface area contributed by atoms with Crippen LogP contribution in [0.15, 0.2) is 18.7 Å². The molecule has 0 spiro atoms. The van der Waals surface area contributed by atoms with Gasteiger partial charge in [-0.25, -0.2) is 9.97 Å². The van der Waals surface area contributed by atoms with E-state index >= 15 is 0 Å². The van der Waals surface area contributed by atoms with Crippen LogP contribution < -0.4 is 5.32 Å². The third kappa shape index (κ3) is 1.61. The average Bonchev–Trinajstić information content (AvgIpc) is 2.97. The average molecular weight is 233 g/mol. The Balaban J connectivity index is 1.93. The fraction of sp³-hybridized carbons (Fsp3) is 0.300. The van der Waals surface area contributed by atoms with Crippen LogP contribution in [0.5, 0.6) is 0 Å². The number of rotatable bonds is 2. The van der Waals surface area contributed by atoms with Gasteiger partial charge in [-0.15, -0.1) is 11.3 Å². The molecule has 0 saturated carbocycles. The summed E-state index contributed by atoms with van der Waals surface area (Å²) in [6.07, 6.45) is 6.62. The van der Waals surface area contributed by atoms with Gasteiger partial charge in [0, 0.05) is 31.6 Å². The molecular weight excluding hydrogens is 222 g/mol. The largest absolute Gasteiger partial charge is 0.390 e. The third-order valence-electron chi connectivity index (χ3n) is 2.42. The fourth-order valence-corrected chi connectivity index (χ4v) is 2.52. The van der Waals surface area contributed by atoms with E-state index in [0.717, 1.165) is 28.7 Å². The standard InChI is InChI=1S/C10H11N5S/c1-15-6-13-9(14-15)8-5-12-10(16-8)7-2-3-11-4-7/h4-6,11H,2-3H2,1H3. The van der Waals surface area contributed by atoms with E-state index in [1.54, 1.807) is 22.3 Å². The van der Waals surface area contributed by atoms with E-state index < -0.39 is 0 Å². The molecule has 3 rings (SSSR count). The Labute approximate surface area is 96.9 Å². The fourth-order valence-electron chi connectivity index (χ4n) is 1.62. The molecule has 0 radical (unpaired) electrons. The second-order valence-electron chi connectivity index (χ2n) is 3.65. The van der Waals surface area contributed by atoms with Gasteiger partial charge in [-0.1, -0.05) is 0 Å². The van der Waals surface area contributed by atoms with Crippen LogP contribution in [0.2, 0.25) is 0 Å². The first-order chi connectivity index (χ1) is 7.83. The smallest absolute Gasteiger partial charge is 0.192 e. The highest BCUT2D eigenvalue weighted by Crippen LogP contribution is 2.29. The first kappa shape index (κ1) is 9.53. The topological polar surface area (TPSA) is 55.6 Å². The number of aryl methyl sites for hydroxylation is 1. The molecule has 0 fully saturated rings. The summed E-state index contributed by atoms with van der Waals surface area (Å²) >= 11 is 1.64. The number of hydrogen-bond acceptors (Lipinski definition) is 5. The molecule has 3 heterocycles. The number of nitrogens with one attached hydrogen (secondary N) is 1. The van der Waals surface area contributed by atoms with Crippen molar-refractivity contribution < 1.29 is 0 Å².